The van der Waals surface area contributed by atoms with E-state index in [1.807, 2.05) is 0 Å². The molecule has 0 saturated carbocycles. The Hall–Kier alpha value is -2.82. The van der Waals surface area contributed by atoms with Gasteiger partial charge in [0.25, 0.3) is 0 Å². The molecule has 4 N–H and O–H groups in total. The molecule has 0 aliphatic rings. The molecule has 0 radical (unpaired) electrons. The molecule has 0 amide bonds. The summed E-state index contributed by atoms with van der Waals surface area (Å²) in [6.45, 7) is 2.70. The molecule has 0 aromatic carbocycles. The molecule has 0 fully saturated rings. The Kier molecular flexibility index (Phi) is 37.1. The smallest absolute Gasteiger partial charge is 0.472 e. The maximum absolute atomic E-state index is 12.6. The van der Waals surface area contributed by atoms with Crippen LogP contribution in [0.15, 0.2) is 60.8 Å². The lowest BCUT2D eigenvalue weighted by atomic mass is 10.1. The number of esters is 2. The number of unbranched alkanes of at least 4 members (excludes halogenated alkanes) is 15. The van der Waals surface area contributed by atoms with Gasteiger partial charge in [0.05, 0.1) is 13.2 Å². The van der Waals surface area contributed by atoms with Crippen molar-refractivity contribution in [3.8, 4) is 0 Å². The van der Waals surface area contributed by atoms with E-state index in [9.17, 15) is 23.8 Å². The van der Waals surface area contributed by atoms with E-state index in [0.29, 0.717) is 12.8 Å². The number of phosphoric ester groups is 1. The normalized spacial score (nSPS) is 14.4. The van der Waals surface area contributed by atoms with Crippen molar-refractivity contribution in [3.63, 3.8) is 0 Å². The van der Waals surface area contributed by atoms with Crippen LogP contribution < -0.4 is 5.73 Å². The number of carbonyl (C=O) groups is 3. The van der Waals surface area contributed by atoms with E-state index in [0.717, 1.165) is 77.0 Å². The van der Waals surface area contributed by atoms with Crippen LogP contribution in [0.2, 0.25) is 0 Å². The van der Waals surface area contributed by atoms with Crippen LogP contribution in [0.25, 0.3) is 0 Å². The third kappa shape index (κ3) is 38.1. The fraction of sp³-hybridized carbons (Fsp3) is 0.705. The van der Waals surface area contributed by atoms with Gasteiger partial charge < -0.3 is 25.2 Å². The zero-order valence-electron chi connectivity index (χ0n) is 34.7. The molecule has 3 atom stereocenters. The molecule has 0 bridgehead atoms. The van der Waals surface area contributed by atoms with E-state index >= 15 is 0 Å². The van der Waals surface area contributed by atoms with Gasteiger partial charge in [-0.3, -0.25) is 23.4 Å². The Morgan fingerprint density at radius 1 is 0.554 bits per heavy atom. The summed E-state index contributed by atoms with van der Waals surface area (Å²) in [4.78, 5) is 45.9. The summed E-state index contributed by atoms with van der Waals surface area (Å²) >= 11 is 0. The van der Waals surface area contributed by atoms with Crippen LogP contribution in [0.1, 0.15) is 168 Å². The highest BCUT2D eigenvalue weighted by atomic mass is 31.2. The predicted molar refractivity (Wildman–Crippen MR) is 226 cm³/mol. The summed E-state index contributed by atoms with van der Waals surface area (Å²) < 4.78 is 32.6. The van der Waals surface area contributed by atoms with Gasteiger partial charge in [0.1, 0.15) is 12.6 Å². The van der Waals surface area contributed by atoms with Gasteiger partial charge in [-0.05, 0) is 83.5 Å². The molecular formula is C44H76NO10P. The number of allylic oxidation sites excluding steroid dienone is 10. The molecule has 11 nitrogen and oxygen atoms in total. The molecule has 12 heteroatoms. The summed E-state index contributed by atoms with van der Waals surface area (Å²) in [5.74, 6) is -2.44. The highest BCUT2D eigenvalue weighted by molar-refractivity contribution is 7.47. The lowest BCUT2D eigenvalue weighted by Gasteiger charge is -2.20. The number of phosphoric acid groups is 1. The number of hydrogen-bond donors (Lipinski definition) is 3. The average molecular weight is 810 g/mol. The number of nitrogens with two attached hydrogens (primary N) is 1. The van der Waals surface area contributed by atoms with Crippen molar-refractivity contribution in [1.82, 2.24) is 0 Å². The van der Waals surface area contributed by atoms with Crippen LogP contribution >= 0.6 is 7.82 Å². The highest BCUT2D eigenvalue weighted by Gasteiger charge is 2.28. The number of ether oxygens (including phenoxy) is 2. The molecule has 56 heavy (non-hydrogen) atoms. The molecule has 0 spiro atoms. The van der Waals surface area contributed by atoms with Crippen LogP contribution in [-0.4, -0.2) is 59.9 Å². The number of aliphatic carboxylic acids is 1. The molecule has 0 aliphatic heterocycles. The summed E-state index contributed by atoms with van der Waals surface area (Å²) in [7, 11) is -4.73. The molecule has 0 aromatic heterocycles. The van der Waals surface area contributed by atoms with Crippen molar-refractivity contribution in [2.24, 2.45) is 5.73 Å². The lowest BCUT2D eigenvalue weighted by molar-refractivity contribution is -0.161. The Balaban J connectivity index is 4.47. The first-order valence-electron chi connectivity index (χ1n) is 21.3. The Labute approximate surface area is 338 Å². The quantitative estimate of drug-likeness (QED) is 0.0233. The number of carboxylic acids is 1. The first kappa shape index (κ1) is 53.2. The minimum Gasteiger partial charge on any atom is -0.480 e. The minimum atomic E-state index is -4.73. The largest absolute Gasteiger partial charge is 0.480 e. The standard InChI is InChI=1S/C44H76NO10P/c1-3-5-7-9-11-13-15-17-18-19-20-21-22-24-26-28-30-32-34-36-43(47)55-40(38-53-56(50,51)54-39-41(45)44(48)49)37-52-42(46)35-33-31-29-27-25-23-16-14-12-10-8-6-4-2/h11,13-14,16-18,20-21,24,26,40-41H,3-10,12,15,19,22-23,25,27-39,45H2,1-2H3,(H,48,49)(H,50,51)/b13-11+,16-14+,18-17+,21-20+,26-24+/t40-,41-/m0/s1. The van der Waals surface area contributed by atoms with Gasteiger partial charge in [0, 0.05) is 12.8 Å². The number of rotatable bonds is 39. The molecule has 0 aliphatic carbocycles. The zero-order valence-corrected chi connectivity index (χ0v) is 35.6. The zero-order chi connectivity index (χ0) is 41.4. The van der Waals surface area contributed by atoms with E-state index in [1.165, 1.54) is 51.4 Å². The topological polar surface area (TPSA) is 172 Å². The third-order valence-electron chi connectivity index (χ3n) is 8.74. The number of hydrogen-bond acceptors (Lipinski definition) is 9. The van der Waals surface area contributed by atoms with Crippen LogP contribution in [0.4, 0.5) is 0 Å². The lowest BCUT2D eigenvalue weighted by Crippen LogP contribution is -2.34. The van der Waals surface area contributed by atoms with E-state index < -0.39 is 51.1 Å². The molecule has 0 heterocycles. The van der Waals surface area contributed by atoms with Crippen LogP contribution in [-0.2, 0) is 37.5 Å². The van der Waals surface area contributed by atoms with Gasteiger partial charge >= 0.3 is 25.7 Å². The second-order valence-corrected chi connectivity index (χ2v) is 15.6. The first-order valence-corrected chi connectivity index (χ1v) is 22.8. The maximum Gasteiger partial charge on any atom is 0.472 e. The molecule has 0 aromatic rings. The Bertz CT molecular complexity index is 1180. The van der Waals surface area contributed by atoms with Gasteiger partial charge in [0.15, 0.2) is 6.10 Å². The summed E-state index contributed by atoms with van der Waals surface area (Å²) in [5.41, 5.74) is 5.32. The monoisotopic (exact) mass is 810 g/mol. The fourth-order valence-electron chi connectivity index (χ4n) is 5.34. The van der Waals surface area contributed by atoms with Crippen LogP contribution in [0.3, 0.4) is 0 Å². The van der Waals surface area contributed by atoms with Crippen molar-refractivity contribution < 1.29 is 47.5 Å². The molecule has 0 rings (SSSR count). The van der Waals surface area contributed by atoms with Gasteiger partial charge in [-0.2, -0.15) is 0 Å². The SMILES string of the molecule is CCCCC/C=C/C/C=C/C/C=C/C/C=C/CCCCCC(=O)O[C@@H](COC(=O)CCCCCCC/C=C/CCCCCC)COP(=O)(O)OC[C@H](N)C(=O)O. The van der Waals surface area contributed by atoms with E-state index in [4.69, 9.17) is 24.8 Å². The van der Waals surface area contributed by atoms with Crippen molar-refractivity contribution in [2.75, 3.05) is 19.8 Å². The van der Waals surface area contributed by atoms with Gasteiger partial charge in [-0.25, -0.2) is 4.57 Å². The third-order valence-corrected chi connectivity index (χ3v) is 9.69. The molecular weight excluding hydrogens is 733 g/mol. The minimum absolute atomic E-state index is 0.120. The van der Waals surface area contributed by atoms with Gasteiger partial charge in [-0.1, -0.05) is 132 Å². The predicted octanol–water partition coefficient (Wildman–Crippen LogP) is 11.2. The summed E-state index contributed by atoms with van der Waals surface area (Å²) in [5, 5.41) is 8.88. The molecule has 0 saturated heterocycles. The summed E-state index contributed by atoms with van der Waals surface area (Å²) in [6, 6.07) is -1.53. The van der Waals surface area contributed by atoms with E-state index in [1.54, 1.807) is 0 Å². The number of carbonyl (C=O) groups excluding carboxylic acids is 2. The second kappa shape index (κ2) is 39.0. The first-order chi connectivity index (χ1) is 27.1. The molecule has 1 unspecified atom stereocenters. The number of carboxylic acid groups (broad SMARTS) is 1. The Morgan fingerprint density at radius 3 is 1.48 bits per heavy atom. The van der Waals surface area contributed by atoms with Gasteiger partial charge in [-0.15, -0.1) is 0 Å². The van der Waals surface area contributed by atoms with Crippen molar-refractivity contribution in [2.45, 2.75) is 180 Å². The second-order valence-electron chi connectivity index (χ2n) is 14.1. The molecule has 322 valence electrons. The van der Waals surface area contributed by atoms with Crippen molar-refractivity contribution in [1.29, 1.82) is 0 Å². The maximum atomic E-state index is 12.6. The van der Waals surface area contributed by atoms with Crippen molar-refractivity contribution >= 4 is 25.7 Å². The Morgan fingerprint density at radius 2 is 0.946 bits per heavy atom. The van der Waals surface area contributed by atoms with Crippen LogP contribution in [0.5, 0.6) is 0 Å². The summed E-state index contributed by atoms with van der Waals surface area (Å²) in [6.07, 6.45) is 44.3. The van der Waals surface area contributed by atoms with E-state index in [2.05, 4.69) is 79.1 Å². The highest BCUT2D eigenvalue weighted by Crippen LogP contribution is 2.43. The fourth-order valence-corrected chi connectivity index (χ4v) is 6.11. The van der Waals surface area contributed by atoms with Crippen molar-refractivity contribution in [3.05, 3.63) is 60.8 Å². The van der Waals surface area contributed by atoms with E-state index in [-0.39, 0.29) is 19.4 Å². The average Bonchev–Trinajstić information content (AvgIpc) is 3.17. The van der Waals surface area contributed by atoms with Crippen LogP contribution in [0, 0.1) is 0 Å². The van der Waals surface area contributed by atoms with Gasteiger partial charge in [0.2, 0.25) is 0 Å².